The van der Waals surface area contributed by atoms with Gasteiger partial charge in [-0.25, -0.2) is 0 Å². The Morgan fingerprint density at radius 1 is 1.25 bits per heavy atom. The second-order valence-corrected chi connectivity index (χ2v) is 7.37. The predicted molar refractivity (Wildman–Crippen MR) is 107 cm³/mol. The first-order valence-corrected chi connectivity index (χ1v) is 9.89. The van der Waals surface area contributed by atoms with Crippen molar-refractivity contribution in [1.29, 1.82) is 5.26 Å². The van der Waals surface area contributed by atoms with Crippen molar-refractivity contribution in [3.05, 3.63) is 60.3 Å². The Bertz CT molecular complexity index is 945. The lowest BCUT2D eigenvalue weighted by atomic mass is 10.2. The molecule has 7 nitrogen and oxygen atoms in total. The van der Waals surface area contributed by atoms with Gasteiger partial charge in [0.05, 0.1) is 24.6 Å². The molecule has 0 aliphatic carbocycles. The number of benzene rings is 1. The number of furan rings is 1. The van der Waals surface area contributed by atoms with Crippen LogP contribution in [0.15, 0.2) is 58.3 Å². The standard InChI is InChI=1S/C20H21N5O2S/c1-15(2)19-22-23-20(25(19)13-17-9-6-12-27-17)28-14-18(26)24(11-10-21)16-7-4-3-5-8-16/h3-9,12,15H,11,13-14H2,1-2H3. The predicted octanol–water partition coefficient (Wildman–Crippen LogP) is 3.69. The van der Waals surface area contributed by atoms with Gasteiger partial charge >= 0.3 is 0 Å². The molecule has 0 atom stereocenters. The molecule has 0 fully saturated rings. The van der Waals surface area contributed by atoms with Crippen LogP contribution in [-0.2, 0) is 11.3 Å². The summed E-state index contributed by atoms with van der Waals surface area (Å²) in [6, 6.07) is 15.0. The number of carbonyl (C=O) groups is 1. The molecule has 0 N–H and O–H groups in total. The summed E-state index contributed by atoms with van der Waals surface area (Å²) in [5.41, 5.74) is 0.703. The number of hydrogen-bond donors (Lipinski definition) is 0. The van der Waals surface area contributed by atoms with Gasteiger partial charge in [-0.1, -0.05) is 43.8 Å². The van der Waals surface area contributed by atoms with Gasteiger partial charge in [-0.2, -0.15) is 5.26 Å². The average molecular weight is 395 g/mol. The van der Waals surface area contributed by atoms with E-state index in [2.05, 4.69) is 16.3 Å². The summed E-state index contributed by atoms with van der Waals surface area (Å²) in [6.45, 7) is 4.60. The topological polar surface area (TPSA) is 88.0 Å². The Morgan fingerprint density at radius 2 is 2.04 bits per heavy atom. The van der Waals surface area contributed by atoms with Crippen molar-refractivity contribution in [2.45, 2.75) is 31.5 Å². The Hall–Kier alpha value is -3.05. The summed E-state index contributed by atoms with van der Waals surface area (Å²) in [4.78, 5) is 14.2. The summed E-state index contributed by atoms with van der Waals surface area (Å²) in [5, 5.41) is 18.3. The Kier molecular flexibility index (Phi) is 6.50. The van der Waals surface area contributed by atoms with E-state index < -0.39 is 0 Å². The fourth-order valence-electron chi connectivity index (χ4n) is 2.75. The molecule has 1 aromatic carbocycles. The fraction of sp³-hybridized carbons (Fsp3) is 0.300. The van der Waals surface area contributed by atoms with Crippen LogP contribution < -0.4 is 4.90 Å². The van der Waals surface area contributed by atoms with Crippen molar-refractivity contribution in [1.82, 2.24) is 14.8 Å². The van der Waals surface area contributed by atoms with Crippen molar-refractivity contribution in [2.24, 2.45) is 0 Å². The van der Waals surface area contributed by atoms with E-state index in [0.717, 1.165) is 11.6 Å². The molecule has 0 saturated carbocycles. The average Bonchev–Trinajstić information content (AvgIpc) is 3.35. The quantitative estimate of drug-likeness (QED) is 0.427. The molecule has 2 heterocycles. The number of rotatable bonds is 8. The number of aromatic nitrogens is 3. The highest BCUT2D eigenvalue weighted by Gasteiger charge is 2.20. The van der Waals surface area contributed by atoms with Gasteiger partial charge < -0.3 is 4.42 Å². The third-order valence-electron chi connectivity index (χ3n) is 4.08. The third kappa shape index (κ3) is 4.61. The van der Waals surface area contributed by atoms with Gasteiger partial charge in [0.15, 0.2) is 5.16 Å². The molecule has 8 heteroatoms. The first kappa shape index (κ1) is 19.7. The summed E-state index contributed by atoms with van der Waals surface area (Å²) in [7, 11) is 0. The zero-order valence-corrected chi connectivity index (χ0v) is 16.6. The number of amides is 1. The zero-order valence-electron chi connectivity index (χ0n) is 15.8. The van der Waals surface area contributed by atoms with Crippen LogP contribution in [0.25, 0.3) is 0 Å². The van der Waals surface area contributed by atoms with Gasteiger partial charge in [0.25, 0.3) is 0 Å². The van der Waals surface area contributed by atoms with Crippen molar-refractivity contribution in [3.8, 4) is 6.07 Å². The maximum atomic E-state index is 12.8. The van der Waals surface area contributed by atoms with E-state index in [4.69, 9.17) is 9.68 Å². The molecule has 2 aromatic heterocycles. The summed E-state index contributed by atoms with van der Waals surface area (Å²) in [6.07, 6.45) is 1.63. The van der Waals surface area contributed by atoms with Gasteiger partial charge in [0.1, 0.15) is 18.1 Å². The highest BCUT2D eigenvalue weighted by molar-refractivity contribution is 7.99. The normalized spacial score (nSPS) is 10.8. The highest BCUT2D eigenvalue weighted by atomic mass is 32.2. The van der Waals surface area contributed by atoms with Crippen LogP contribution in [-0.4, -0.2) is 33.0 Å². The second-order valence-electron chi connectivity index (χ2n) is 6.42. The molecular formula is C20H21N5O2S. The number of carbonyl (C=O) groups excluding carboxylic acids is 1. The zero-order chi connectivity index (χ0) is 19.9. The second kappa shape index (κ2) is 9.24. The number of thioether (sulfide) groups is 1. The van der Waals surface area contributed by atoms with E-state index in [9.17, 15) is 4.79 Å². The Balaban J connectivity index is 1.76. The maximum absolute atomic E-state index is 12.8. The molecule has 28 heavy (non-hydrogen) atoms. The van der Waals surface area contributed by atoms with Crippen LogP contribution in [0.4, 0.5) is 5.69 Å². The van der Waals surface area contributed by atoms with Gasteiger partial charge in [-0.3, -0.25) is 14.3 Å². The highest BCUT2D eigenvalue weighted by Crippen LogP contribution is 2.24. The fourth-order valence-corrected chi connectivity index (χ4v) is 3.57. The van der Waals surface area contributed by atoms with Crippen LogP contribution in [0.5, 0.6) is 0 Å². The van der Waals surface area contributed by atoms with Crippen molar-refractivity contribution >= 4 is 23.4 Å². The summed E-state index contributed by atoms with van der Waals surface area (Å²) >= 11 is 1.31. The van der Waals surface area contributed by atoms with Crippen LogP contribution in [0, 0.1) is 11.3 Å². The van der Waals surface area contributed by atoms with E-state index in [1.54, 1.807) is 6.26 Å². The number of nitrogens with zero attached hydrogens (tertiary/aromatic N) is 5. The van der Waals surface area contributed by atoms with Gasteiger partial charge in [-0.15, -0.1) is 10.2 Å². The minimum Gasteiger partial charge on any atom is -0.467 e. The van der Waals surface area contributed by atoms with Crippen LogP contribution >= 0.6 is 11.8 Å². The molecule has 0 spiro atoms. The number of para-hydroxylation sites is 1. The molecule has 3 rings (SSSR count). The van der Waals surface area contributed by atoms with E-state index in [0.29, 0.717) is 17.4 Å². The molecule has 0 radical (unpaired) electrons. The lowest BCUT2D eigenvalue weighted by Crippen LogP contribution is -2.32. The van der Waals surface area contributed by atoms with E-state index in [-0.39, 0.29) is 24.1 Å². The molecule has 0 saturated heterocycles. The Morgan fingerprint density at radius 3 is 2.68 bits per heavy atom. The maximum Gasteiger partial charge on any atom is 0.238 e. The smallest absolute Gasteiger partial charge is 0.238 e. The SMILES string of the molecule is CC(C)c1nnc(SCC(=O)N(CC#N)c2ccccc2)n1Cc1ccco1. The van der Waals surface area contributed by atoms with Crippen molar-refractivity contribution in [2.75, 3.05) is 17.2 Å². The molecule has 144 valence electrons. The molecule has 0 bridgehead atoms. The first-order valence-electron chi connectivity index (χ1n) is 8.90. The lowest BCUT2D eigenvalue weighted by Gasteiger charge is -2.19. The summed E-state index contributed by atoms with van der Waals surface area (Å²) < 4.78 is 7.42. The van der Waals surface area contributed by atoms with E-state index in [1.165, 1.54) is 16.7 Å². The molecule has 0 aliphatic heterocycles. The number of hydrogen-bond acceptors (Lipinski definition) is 6. The van der Waals surface area contributed by atoms with Crippen LogP contribution in [0.2, 0.25) is 0 Å². The number of nitriles is 1. The molecular weight excluding hydrogens is 374 g/mol. The molecule has 0 unspecified atom stereocenters. The Labute approximate surface area is 168 Å². The van der Waals surface area contributed by atoms with E-state index in [1.807, 2.05) is 60.9 Å². The minimum atomic E-state index is -0.156. The summed E-state index contributed by atoms with van der Waals surface area (Å²) in [5.74, 6) is 1.82. The van der Waals surface area contributed by atoms with E-state index >= 15 is 0 Å². The van der Waals surface area contributed by atoms with Crippen LogP contribution in [0.1, 0.15) is 31.4 Å². The largest absolute Gasteiger partial charge is 0.467 e. The van der Waals surface area contributed by atoms with Gasteiger partial charge in [0, 0.05) is 11.6 Å². The molecule has 3 aromatic rings. The third-order valence-corrected chi connectivity index (χ3v) is 5.03. The van der Waals surface area contributed by atoms with Gasteiger partial charge in [-0.05, 0) is 24.3 Å². The molecule has 1 amide bonds. The lowest BCUT2D eigenvalue weighted by molar-refractivity contribution is -0.116. The van der Waals surface area contributed by atoms with Gasteiger partial charge in [0.2, 0.25) is 5.91 Å². The monoisotopic (exact) mass is 395 g/mol. The molecule has 0 aliphatic rings. The van der Waals surface area contributed by atoms with Crippen LogP contribution in [0.3, 0.4) is 0 Å². The van der Waals surface area contributed by atoms with Crippen molar-refractivity contribution < 1.29 is 9.21 Å². The number of anilines is 1. The minimum absolute atomic E-state index is 0.000261. The van der Waals surface area contributed by atoms with Crippen molar-refractivity contribution in [3.63, 3.8) is 0 Å². The first-order chi connectivity index (χ1) is 13.6.